The molecule has 17 heavy (non-hydrogen) atoms. The highest BCUT2D eigenvalue weighted by Gasteiger charge is 2.22. The van der Waals surface area contributed by atoms with Crippen molar-refractivity contribution in [2.24, 2.45) is 0 Å². The van der Waals surface area contributed by atoms with E-state index in [4.69, 9.17) is 0 Å². The molecule has 1 rings (SSSR count). The van der Waals surface area contributed by atoms with Gasteiger partial charge >= 0.3 is 5.69 Å². The van der Waals surface area contributed by atoms with Gasteiger partial charge in [-0.25, -0.2) is 9.97 Å². The third kappa shape index (κ3) is 3.85. The van der Waals surface area contributed by atoms with Gasteiger partial charge in [0.25, 0.3) is 0 Å². The van der Waals surface area contributed by atoms with Gasteiger partial charge in [-0.1, -0.05) is 25.1 Å². The number of anilines is 1. The summed E-state index contributed by atoms with van der Waals surface area (Å²) < 4.78 is 0. The molecule has 1 heterocycles. The van der Waals surface area contributed by atoms with Crippen molar-refractivity contribution in [3.05, 3.63) is 16.4 Å². The summed E-state index contributed by atoms with van der Waals surface area (Å²) in [6.45, 7) is 4.55. The van der Waals surface area contributed by atoms with Crippen LogP contribution in [0.4, 0.5) is 11.5 Å². The lowest BCUT2D eigenvalue weighted by atomic mass is 10.4. The van der Waals surface area contributed by atoms with E-state index in [1.165, 1.54) is 18.1 Å². The van der Waals surface area contributed by atoms with E-state index in [1.54, 1.807) is 0 Å². The van der Waals surface area contributed by atoms with Crippen molar-refractivity contribution >= 4 is 23.3 Å². The minimum Gasteiger partial charge on any atom is -0.364 e. The van der Waals surface area contributed by atoms with Gasteiger partial charge in [0.05, 0.1) is 4.92 Å². The summed E-state index contributed by atoms with van der Waals surface area (Å²) in [6.07, 6.45) is 3.44. The predicted octanol–water partition coefficient (Wildman–Crippen LogP) is 2.71. The molecule has 94 valence electrons. The third-order valence-electron chi connectivity index (χ3n) is 2.05. The first kappa shape index (κ1) is 13.7. The van der Waals surface area contributed by atoms with Crippen LogP contribution >= 0.6 is 11.8 Å². The SMILES string of the molecule is CCCCSc1ncnc(NCC)c1[N+](=O)[O-]. The van der Waals surface area contributed by atoms with Gasteiger partial charge in [-0.3, -0.25) is 10.1 Å². The molecule has 6 nitrogen and oxygen atoms in total. The number of nitrogens with zero attached hydrogens (tertiary/aromatic N) is 3. The Bertz CT molecular complexity index is 387. The molecule has 1 N–H and O–H groups in total. The number of nitro groups is 1. The Morgan fingerprint density at radius 3 is 2.82 bits per heavy atom. The fourth-order valence-electron chi connectivity index (χ4n) is 1.24. The fraction of sp³-hybridized carbons (Fsp3) is 0.600. The summed E-state index contributed by atoms with van der Waals surface area (Å²) in [5.74, 6) is 1.13. The van der Waals surface area contributed by atoms with Crippen molar-refractivity contribution < 1.29 is 4.92 Å². The Labute approximate surface area is 104 Å². The molecule has 1 aromatic rings. The Kier molecular flexibility index (Phi) is 5.68. The Morgan fingerprint density at radius 1 is 1.47 bits per heavy atom. The molecule has 0 atom stereocenters. The zero-order valence-corrected chi connectivity index (χ0v) is 10.8. The highest BCUT2D eigenvalue weighted by molar-refractivity contribution is 7.99. The van der Waals surface area contributed by atoms with Crippen molar-refractivity contribution in [3.63, 3.8) is 0 Å². The summed E-state index contributed by atoms with van der Waals surface area (Å²) in [5, 5.41) is 14.3. The molecule has 0 bridgehead atoms. The number of aromatic nitrogens is 2. The zero-order valence-electron chi connectivity index (χ0n) is 9.97. The summed E-state index contributed by atoms with van der Waals surface area (Å²) in [5.41, 5.74) is -0.0181. The molecule has 0 unspecified atom stereocenters. The molecule has 0 saturated heterocycles. The van der Waals surface area contributed by atoms with Gasteiger partial charge in [0, 0.05) is 6.54 Å². The quantitative estimate of drug-likeness (QED) is 0.265. The first-order valence-corrected chi connectivity index (χ1v) is 6.55. The number of thioether (sulfide) groups is 1. The van der Waals surface area contributed by atoms with Gasteiger partial charge in [0.1, 0.15) is 6.33 Å². The van der Waals surface area contributed by atoms with Crippen LogP contribution in [0.3, 0.4) is 0 Å². The van der Waals surface area contributed by atoms with E-state index in [2.05, 4.69) is 22.2 Å². The van der Waals surface area contributed by atoms with Crippen LogP contribution in [0.15, 0.2) is 11.4 Å². The lowest BCUT2D eigenvalue weighted by Gasteiger charge is -2.06. The van der Waals surface area contributed by atoms with Crippen LogP contribution in [-0.4, -0.2) is 27.2 Å². The fourth-order valence-corrected chi connectivity index (χ4v) is 2.30. The molecule has 0 amide bonds. The molecule has 0 aromatic carbocycles. The Morgan fingerprint density at radius 2 is 2.24 bits per heavy atom. The molecule has 7 heteroatoms. The maximum atomic E-state index is 11.0. The Balaban J connectivity index is 2.94. The lowest BCUT2D eigenvalue weighted by molar-refractivity contribution is -0.387. The number of rotatable bonds is 7. The van der Waals surface area contributed by atoms with Gasteiger partial charge in [-0.05, 0) is 19.1 Å². The summed E-state index contributed by atoms with van der Waals surface area (Å²) in [7, 11) is 0. The molecule has 0 aliphatic carbocycles. The smallest absolute Gasteiger partial charge is 0.343 e. The van der Waals surface area contributed by atoms with Gasteiger partial charge in [-0.2, -0.15) is 0 Å². The first-order chi connectivity index (χ1) is 8.20. The topological polar surface area (TPSA) is 81.0 Å². The van der Waals surface area contributed by atoms with Crippen LogP contribution in [0.2, 0.25) is 0 Å². The molecule has 0 aliphatic rings. The minimum atomic E-state index is -0.424. The minimum absolute atomic E-state index is 0.0181. The van der Waals surface area contributed by atoms with Crippen molar-refractivity contribution in [1.29, 1.82) is 0 Å². The van der Waals surface area contributed by atoms with Crippen LogP contribution in [0, 0.1) is 10.1 Å². The van der Waals surface area contributed by atoms with Crippen molar-refractivity contribution in [2.45, 2.75) is 31.7 Å². The summed E-state index contributed by atoms with van der Waals surface area (Å²) in [6, 6.07) is 0. The van der Waals surface area contributed by atoms with Crippen molar-refractivity contribution in [2.75, 3.05) is 17.6 Å². The number of hydrogen-bond acceptors (Lipinski definition) is 6. The average molecular weight is 256 g/mol. The monoisotopic (exact) mass is 256 g/mol. The average Bonchev–Trinajstić information content (AvgIpc) is 2.29. The third-order valence-corrected chi connectivity index (χ3v) is 3.12. The molecule has 1 aromatic heterocycles. The van der Waals surface area contributed by atoms with Crippen LogP contribution in [0.5, 0.6) is 0 Å². The van der Waals surface area contributed by atoms with Gasteiger partial charge in [-0.15, -0.1) is 0 Å². The molecular formula is C10H16N4O2S. The second-order valence-electron chi connectivity index (χ2n) is 3.37. The second-order valence-corrected chi connectivity index (χ2v) is 4.45. The Hall–Kier alpha value is -1.37. The molecule has 0 fully saturated rings. The highest BCUT2D eigenvalue weighted by atomic mass is 32.2. The number of hydrogen-bond donors (Lipinski definition) is 1. The van der Waals surface area contributed by atoms with Crippen molar-refractivity contribution in [3.8, 4) is 0 Å². The van der Waals surface area contributed by atoms with Crippen LogP contribution in [0.1, 0.15) is 26.7 Å². The van der Waals surface area contributed by atoms with Crippen LogP contribution in [-0.2, 0) is 0 Å². The molecule has 0 saturated carbocycles. The van der Waals surface area contributed by atoms with Crippen LogP contribution < -0.4 is 5.32 Å². The zero-order chi connectivity index (χ0) is 12.7. The van der Waals surface area contributed by atoms with Crippen LogP contribution in [0.25, 0.3) is 0 Å². The van der Waals surface area contributed by atoms with E-state index < -0.39 is 4.92 Å². The van der Waals surface area contributed by atoms with E-state index in [-0.39, 0.29) is 5.69 Å². The molecule has 0 spiro atoms. The van der Waals surface area contributed by atoms with Gasteiger partial charge in [0.15, 0.2) is 5.03 Å². The van der Waals surface area contributed by atoms with E-state index in [0.717, 1.165) is 18.6 Å². The standard InChI is InChI=1S/C10H16N4O2S/c1-3-5-6-17-10-8(14(15)16)9(11-4-2)12-7-13-10/h7H,3-6H2,1-2H3,(H,11,12,13). The predicted molar refractivity (Wildman–Crippen MR) is 68.5 cm³/mol. The number of unbranched alkanes of at least 4 members (excludes halogenated alkanes) is 1. The van der Waals surface area contributed by atoms with E-state index >= 15 is 0 Å². The maximum absolute atomic E-state index is 11.0. The second kappa shape index (κ2) is 7.05. The largest absolute Gasteiger partial charge is 0.364 e. The maximum Gasteiger partial charge on any atom is 0.343 e. The summed E-state index contributed by atoms with van der Waals surface area (Å²) >= 11 is 1.41. The molecule has 0 radical (unpaired) electrons. The first-order valence-electron chi connectivity index (χ1n) is 5.56. The summed E-state index contributed by atoms with van der Waals surface area (Å²) in [4.78, 5) is 18.5. The van der Waals surface area contributed by atoms with E-state index in [0.29, 0.717) is 17.4 Å². The van der Waals surface area contributed by atoms with E-state index in [9.17, 15) is 10.1 Å². The lowest BCUT2D eigenvalue weighted by Crippen LogP contribution is -2.05. The van der Waals surface area contributed by atoms with Crippen molar-refractivity contribution in [1.82, 2.24) is 9.97 Å². The molecular weight excluding hydrogens is 240 g/mol. The van der Waals surface area contributed by atoms with Gasteiger partial charge in [0.2, 0.25) is 5.82 Å². The van der Waals surface area contributed by atoms with Gasteiger partial charge < -0.3 is 5.32 Å². The van der Waals surface area contributed by atoms with E-state index in [1.807, 2.05) is 6.92 Å². The number of nitrogens with one attached hydrogen (secondary N) is 1. The molecule has 0 aliphatic heterocycles. The normalized spacial score (nSPS) is 10.2. The highest BCUT2D eigenvalue weighted by Crippen LogP contribution is 2.32.